The van der Waals surface area contributed by atoms with Crippen molar-refractivity contribution < 1.29 is 26.0 Å². The topological polar surface area (TPSA) is 91.9 Å². The number of likely N-dealkylation sites (N-methyl/N-ethyl adjacent to an activating group) is 1. The van der Waals surface area contributed by atoms with E-state index in [4.69, 9.17) is 0 Å². The third kappa shape index (κ3) is 3.37. The largest absolute Gasteiger partial charge is 0.470 e. The van der Waals surface area contributed by atoms with Gasteiger partial charge in [0.25, 0.3) is 10.0 Å². The summed E-state index contributed by atoms with van der Waals surface area (Å²) in [5.74, 6) is -1.10. The zero-order chi connectivity index (χ0) is 20.1. The highest BCUT2D eigenvalue weighted by atomic mass is 32.2. The molecule has 4 rings (SSSR count). The first-order valence-electron chi connectivity index (χ1n) is 8.44. The number of sulfonamides is 1. The molecule has 1 aromatic carbocycles. The van der Waals surface area contributed by atoms with Gasteiger partial charge in [-0.3, -0.25) is 4.90 Å². The van der Waals surface area contributed by atoms with Gasteiger partial charge in [-0.1, -0.05) is 12.1 Å². The van der Waals surface area contributed by atoms with E-state index in [0.717, 1.165) is 0 Å². The van der Waals surface area contributed by atoms with Gasteiger partial charge in [-0.15, -0.1) is 14.6 Å². The molecular weight excluding hydrogens is 399 g/mol. The number of alkyl halides is 3. The van der Waals surface area contributed by atoms with Crippen molar-refractivity contribution in [2.24, 2.45) is 4.40 Å². The highest BCUT2D eigenvalue weighted by Gasteiger charge is 2.39. The van der Waals surface area contributed by atoms with E-state index in [-0.39, 0.29) is 23.4 Å². The van der Waals surface area contributed by atoms with Crippen LogP contribution in [0.3, 0.4) is 0 Å². The summed E-state index contributed by atoms with van der Waals surface area (Å²) < 4.78 is 70.7. The fraction of sp³-hybridized carbons (Fsp3) is 0.438. The minimum atomic E-state index is -4.67. The van der Waals surface area contributed by atoms with E-state index < -0.39 is 22.1 Å². The number of nitrogens with zero attached hydrogens (tertiary/aromatic N) is 5. The number of aromatic nitrogens is 2. The highest BCUT2D eigenvalue weighted by Crippen LogP contribution is 2.30. The fourth-order valence-electron chi connectivity index (χ4n) is 3.41. The van der Waals surface area contributed by atoms with Crippen molar-refractivity contribution in [2.45, 2.75) is 30.1 Å². The number of benzene rings is 1. The Kier molecular flexibility index (Phi) is 4.42. The lowest BCUT2D eigenvalue weighted by Gasteiger charge is -2.26. The monoisotopic (exact) mass is 415 g/mol. The number of rotatable bonds is 3. The summed E-state index contributed by atoms with van der Waals surface area (Å²) in [4.78, 5) is 3.86. The lowest BCUT2D eigenvalue weighted by Crippen LogP contribution is -2.38. The van der Waals surface area contributed by atoms with Crippen LogP contribution in [0.4, 0.5) is 13.2 Å². The zero-order valence-corrected chi connectivity index (χ0v) is 15.5. The molecule has 2 aromatic rings. The Balaban J connectivity index is 1.46. The molecule has 2 aliphatic rings. The van der Waals surface area contributed by atoms with Crippen LogP contribution < -0.4 is 0 Å². The Hall–Kier alpha value is -2.47. The van der Waals surface area contributed by atoms with Crippen LogP contribution in [0.25, 0.3) is 0 Å². The maximum atomic E-state index is 12.6. The van der Waals surface area contributed by atoms with Crippen molar-refractivity contribution in [3.8, 4) is 0 Å². The second-order valence-electron chi connectivity index (χ2n) is 6.67. The predicted molar refractivity (Wildman–Crippen MR) is 90.9 cm³/mol. The van der Waals surface area contributed by atoms with E-state index in [0.29, 0.717) is 30.9 Å². The molecule has 2 aliphatic heterocycles. The molecule has 1 saturated heterocycles. The molecule has 1 aromatic heterocycles. The average Bonchev–Trinajstić information content (AvgIpc) is 3.33. The van der Waals surface area contributed by atoms with E-state index in [1.54, 1.807) is 30.1 Å². The van der Waals surface area contributed by atoms with E-state index >= 15 is 0 Å². The Bertz CT molecular complexity index is 1030. The van der Waals surface area contributed by atoms with Crippen LogP contribution in [0.1, 0.15) is 23.8 Å². The number of halogens is 3. The summed E-state index contributed by atoms with van der Waals surface area (Å²) >= 11 is 0. The van der Waals surface area contributed by atoms with Gasteiger partial charge in [0.05, 0.1) is 6.54 Å². The first-order chi connectivity index (χ1) is 13.1. The molecule has 0 bridgehead atoms. The summed E-state index contributed by atoms with van der Waals surface area (Å²) in [6, 6.07) is 6.57. The summed E-state index contributed by atoms with van der Waals surface area (Å²) in [5.41, 5.74) is 0.551. The molecule has 1 unspecified atom stereocenters. The lowest BCUT2D eigenvalue weighted by molar-refractivity contribution is -0.157. The molecule has 0 radical (unpaired) electrons. The van der Waals surface area contributed by atoms with Crippen LogP contribution in [-0.2, 0) is 22.7 Å². The van der Waals surface area contributed by atoms with Crippen molar-refractivity contribution in [1.29, 1.82) is 0 Å². The second kappa shape index (κ2) is 6.55. The SMILES string of the molecule is CN(C1=NS(=O)(=O)c2ccccc21)C1CCN(Cc2nnc(C(F)(F)F)o2)C1. The molecule has 150 valence electrons. The zero-order valence-electron chi connectivity index (χ0n) is 14.7. The van der Waals surface area contributed by atoms with Crippen LogP contribution in [0.2, 0.25) is 0 Å². The minimum absolute atomic E-state index is 0.0508. The van der Waals surface area contributed by atoms with E-state index in [1.165, 1.54) is 6.07 Å². The van der Waals surface area contributed by atoms with Gasteiger partial charge >= 0.3 is 12.1 Å². The molecular formula is C16H16F3N5O3S. The van der Waals surface area contributed by atoms with Crippen molar-refractivity contribution in [3.05, 3.63) is 41.6 Å². The molecule has 3 heterocycles. The number of hydrogen-bond acceptors (Lipinski definition) is 7. The van der Waals surface area contributed by atoms with Crippen molar-refractivity contribution in [3.63, 3.8) is 0 Å². The number of fused-ring (bicyclic) bond motifs is 1. The molecule has 0 spiro atoms. The summed E-state index contributed by atoms with van der Waals surface area (Å²) in [5, 5.41) is 6.47. The molecule has 0 amide bonds. The maximum absolute atomic E-state index is 12.6. The minimum Gasteiger partial charge on any atom is -0.416 e. The third-order valence-electron chi connectivity index (χ3n) is 4.81. The van der Waals surface area contributed by atoms with Crippen molar-refractivity contribution in [1.82, 2.24) is 20.0 Å². The Labute approximate surface area is 158 Å². The standard InChI is InChI=1S/C16H16F3N5O3S/c1-23(14-11-4-2-3-5-12(11)28(25,26)22-14)10-6-7-24(8-10)9-13-20-21-15(27-13)16(17,18)19/h2-5,10H,6-9H2,1H3. The van der Waals surface area contributed by atoms with Crippen LogP contribution >= 0.6 is 0 Å². The van der Waals surface area contributed by atoms with Gasteiger partial charge in [-0.05, 0) is 18.6 Å². The number of hydrogen-bond donors (Lipinski definition) is 0. The molecule has 0 aliphatic carbocycles. The van der Waals surface area contributed by atoms with Gasteiger partial charge in [0.15, 0.2) is 5.84 Å². The molecule has 0 N–H and O–H groups in total. The van der Waals surface area contributed by atoms with Crippen LogP contribution in [-0.4, -0.2) is 60.4 Å². The smallest absolute Gasteiger partial charge is 0.416 e. The molecule has 1 fully saturated rings. The predicted octanol–water partition coefficient (Wildman–Crippen LogP) is 1.74. The molecule has 8 nitrogen and oxygen atoms in total. The first kappa shape index (κ1) is 18.9. The van der Waals surface area contributed by atoms with Gasteiger partial charge in [0.1, 0.15) is 4.90 Å². The summed E-state index contributed by atoms with van der Waals surface area (Å²) in [6.07, 6.45) is -3.98. The third-order valence-corrected chi connectivity index (χ3v) is 6.14. The Morgan fingerprint density at radius 2 is 2.04 bits per heavy atom. The van der Waals surface area contributed by atoms with Crippen LogP contribution in [0.15, 0.2) is 38.0 Å². The van der Waals surface area contributed by atoms with Gasteiger partial charge in [-0.25, -0.2) is 0 Å². The van der Waals surface area contributed by atoms with Gasteiger partial charge in [0.2, 0.25) is 5.89 Å². The maximum Gasteiger partial charge on any atom is 0.470 e. The second-order valence-corrected chi connectivity index (χ2v) is 8.25. The Morgan fingerprint density at radius 3 is 2.75 bits per heavy atom. The van der Waals surface area contributed by atoms with E-state index in [2.05, 4.69) is 19.0 Å². The van der Waals surface area contributed by atoms with Crippen molar-refractivity contribution >= 4 is 15.9 Å². The van der Waals surface area contributed by atoms with Crippen LogP contribution in [0.5, 0.6) is 0 Å². The van der Waals surface area contributed by atoms with Crippen molar-refractivity contribution in [2.75, 3.05) is 20.1 Å². The molecule has 28 heavy (non-hydrogen) atoms. The van der Waals surface area contributed by atoms with Crippen LogP contribution in [0, 0.1) is 0 Å². The van der Waals surface area contributed by atoms with E-state index in [9.17, 15) is 21.6 Å². The number of likely N-dealkylation sites (tertiary alicyclic amines) is 1. The normalized spacial score (nSPS) is 21.6. The summed E-state index contributed by atoms with van der Waals surface area (Å²) in [6.45, 7) is 1.19. The van der Waals surface area contributed by atoms with E-state index in [1.807, 2.05) is 4.90 Å². The molecule has 12 heteroatoms. The molecule has 0 saturated carbocycles. The van der Waals surface area contributed by atoms with Gasteiger partial charge < -0.3 is 9.32 Å². The van der Waals surface area contributed by atoms with Gasteiger partial charge in [-0.2, -0.15) is 21.6 Å². The molecule has 1 atom stereocenters. The number of amidine groups is 1. The highest BCUT2D eigenvalue weighted by molar-refractivity contribution is 7.90. The fourth-order valence-corrected chi connectivity index (χ4v) is 4.65. The van der Waals surface area contributed by atoms with Gasteiger partial charge in [0, 0.05) is 31.7 Å². The first-order valence-corrected chi connectivity index (χ1v) is 9.88. The Morgan fingerprint density at radius 1 is 1.29 bits per heavy atom. The summed E-state index contributed by atoms with van der Waals surface area (Å²) in [7, 11) is -1.95. The lowest BCUT2D eigenvalue weighted by atomic mass is 10.1. The average molecular weight is 415 g/mol. The quantitative estimate of drug-likeness (QED) is 0.754.